The molecule has 1 unspecified atom stereocenters. The Kier molecular flexibility index (Phi) is 11.4. The molecule has 55 heavy (non-hydrogen) atoms. The minimum Gasteiger partial charge on any atom is -0.337 e. The molecule has 1 saturated heterocycles. The molecule has 3 aromatic rings. The summed E-state index contributed by atoms with van der Waals surface area (Å²) in [5.74, 6) is -22.4. The van der Waals surface area contributed by atoms with Gasteiger partial charge in [0.25, 0.3) is 11.8 Å². The first-order valence-electron chi connectivity index (χ1n) is 15.5. The molecule has 1 atom stereocenters. The minimum atomic E-state index is -9.21. The number of carbonyl (C=O) groups is 2. The topological polar surface area (TPSA) is 62.3 Å². The zero-order valence-electron chi connectivity index (χ0n) is 27.4. The van der Waals surface area contributed by atoms with Crippen molar-refractivity contribution in [3.63, 3.8) is 0 Å². The highest BCUT2D eigenvalue weighted by Crippen LogP contribution is 2.72. The van der Waals surface area contributed by atoms with E-state index in [0.29, 0.717) is 11.3 Å². The van der Waals surface area contributed by atoms with E-state index < -0.39 is 96.2 Å². The van der Waals surface area contributed by atoms with Gasteiger partial charge in [-0.15, -0.1) is 11.3 Å². The van der Waals surface area contributed by atoms with E-state index in [0.717, 1.165) is 28.9 Å². The number of rotatable bonds is 9. The van der Waals surface area contributed by atoms with Crippen LogP contribution in [0.2, 0.25) is 0 Å². The van der Waals surface area contributed by atoms with Gasteiger partial charge in [0.15, 0.2) is 0 Å². The van der Waals surface area contributed by atoms with Crippen molar-refractivity contribution in [2.24, 2.45) is 5.41 Å². The lowest BCUT2D eigenvalue weighted by atomic mass is 9.68. The number of para-hydroxylation sites is 1. The molecular weight excluding hydrogens is 813 g/mol. The molecule has 0 aliphatic carbocycles. The lowest BCUT2D eigenvalue weighted by Crippen LogP contribution is -2.81. The molecule has 1 aromatic heterocycles. The number of hydrogen-bond acceptors (Lipinski definition) is 4. The maximum atomic E-state index is 15.3. The Bertz CT molecular complexity index is 1820. The molecule has 304 valence electrons. The molecule has 1 N–H and O–H groups in total. The van der Waals surface area contributed by atoms with Crippen LogP contribution in [0.25, 0.3) is 11.1 Å². The summed E-state index contributed by atoms with van der Waals surface area (Å²) in [5.41, 5.74) is -15.3. The molecule has 0 spiro atoms. The number of aryl methyl sites for hydroxylation is 1. The van der Waals surface area contributed by atoms with Gasteiger partial charge in [-0.1, -0.05) is 49.4 Å². The van der Waals surface area contributed by atoms with E-state index in [1.807, 2.05) is 31.2 Å². The third-order valence-corrected chi connectivity index (χ3v) is 10.0. The summed E-state index contributed by atoms with van der Waals surface area (Å²) in [7, 11) is 0. The van der Waals surface area contributed by atoms with Crippen LogP contribution in [-0.2, 0) is 11.2 Å². The number of amides is 2. The van der Waals surface area contributed by atoms with Crippen molar-refractivity contribution in [2.75, 3.05) is 18.4 Å². The number of piperidine rings is 1. The van der Waals surface area contributed by atoms with Gasteiger partial charge in [-0.25, -0.2) is 18.2 Å². The zero-order valence-corrected chi connectivity index (χ0v) is 28.2. The maximum absolute atomic E-state index is 15.3. The predicted molar refractivity (Wildman–Crippen MR) is 160 cm³/mol. The first-order valence-corrected chi connectivity index (χ1v) is 16.3. The molecule has 2 amide bonds. The molecule has 5 nitrogen and oxygen atoms in total. The van der Waals surface area contributed by atoms with Gasteiger partial charge in [0.1, 0.15) is 5.69 Å². The highest BCUT2D eigenvalue weighted by Gasteiger charge is 3.02. The number of anilines is 1. The second-order valence-electron chi connectivity index (χ2n) is 12.2. The maximum Gasteiger partial charge on any atom is 0.435 e. The SMILES string of the molecule is CCc1ccc(-c2ccccc2NC(=O)c2csc(C3CCN(C(=O)C(F)(F)C(F)(C(F)(F)F)C(F)(F)C(C(F)(F)F)(C(F)(F)F)C(F)(F)F)CC3)n2)cc1. The highest BCUT2D eigenvalue weighted by atomic mass is 32.1. The Morgan fingerprint density at radius 3 is 1.73 bits per heavy atom. The van der Waals surface area contributed by atoms with Gasteiger partial charge in [0.2, 0.25) is 0 Å². The molecule has 2 heterocycles. The van der Waals surface area contributed by atoms with Crippen molar-refractivity contribution in [3.8, 4) is 11.1 Å². The monoisotopic (exact) mass is 837 g/mol. The van der Waals surface area contributed by atoms with Gasteiger partial charge in [-0.05, 0) is 36.5 Å². The number of nitrogens with one attached hydrogen (secondary N) is 1. The Hall–Kier alpha value is -4.18. The van der Waals surface area contributed by atoms with Gasteiger partial charge >= 0.3 is 47.6 Å². The quantitative estimate of drug-likeness (QED) is 0.218. The average molecular weight is 838 g/mol. The normalized spacial score (nSPS) is 16.9. The number of hydrogen-bond donors (Lipinski definition) is 1. The minimum absolute atomic E-state index is 0.0411. The average Bonchev–Trinajstić information content (AvgIpc) is 3.56. The number of aromatic nitrogens is 1. The van der Waals surface area contributed by atoms with Crippen LogP contribution in [0.4, 0.5) is 80.3 Å². The summed E-state index contributed by atoms with van der Waals surface area (Å²) in [6, 6.07) is 14.0. The highest BCUT2D eigenvalue weighted by molar-refractivity contribution is 7.10. The molecule has 4 rings (SSSR count). The largest absolute Gasteiger partial charge is 0.435 e. The van der Waals surface area contributed by atoms with Crippen LogP contribution in [-0.4, -0.2) is 77.0 Å². The van der Waals surface area contributed by atoms with Crippen LogP contribution >= 0.6 is 11.3 Å². The van der Waals surface area contributed by atoms with Crippen LogP contribution in [0.3, 0.4) is 0 Å². The number of nitrogens with zero attached hydrogens (tertiary/aromatic N) is 2. The lowest BCUT2D eigenvalue weighted by molar-refractivity contribution is -0.509. The Balaban J connectivity index is 1.57. The third kappa shape index (κ3) is 7.08. The Labute approximate surface area is 302 Å². The fourth-order valence-corrected chi connectivity index (χ4v) is 7.00. The number of halogens is 17. The standard InChI is InChI=1S/C32H24F17N3O2S/c1-2-16-7-9-17(10-8-16)19-5-3-4-6-20(19)50-22(53)21-15-55-23(51-21)18-11-13-52(14-12-18)24(54)25(33,34)27(35,32(47,48)49)28(36,37)26(29(38,39)40,30(41,42)43)31(44,45)46/h3-10,15,18H,2,11-14H2,1H3,(H,50,53). The summed E-state index contributed by atoms with van der Waals surface area (Å²) in [6.45, 7) is -0.536. The van der Waals surface area contributed by atoms with Gasteiger partial charge in [-0.2, -0.15) is 61.5 Å². The number of alkyl halides is 17. The molecule has 0 radical (unpaired) electrons. The molecular formula is C32H24F17N3O2S. The van der Waals surface area contributed by atoms with Crippen molar-refractivity contribution in [1.82, 2.24) is 9.88 Å². The van der Waals surface area contributed by atoms with E-state index in [9.17, 15) is 71.1 Å². The molecule has 0 saturated carbocycles. The van der Waals surface area contributed by atoms with E-state index in [2.05, 4.69) is 10.3 Å². The van der Waals surface area contributed by atoms with E-state index in [1.165, 1.54) is 5.38 Å². The molecule has 23 heteroatoms. The fraction of sp³-hybridized carbons (Fsp3) is 0.469. The molecule has 1 aliphatic heterocycles. The molecule has 1 aliphatic rings. The number of likely N-dealkylation sites (tertiary alicyclic amines) is 1. The fourth-order valence-electron chi connectivity index (χ4n) is 6.03. The summed E-state index contributed by atoms with van der Waals surface area (Å²) >= 11 is 0.784. The van der Waals surface area contributed by atoms with E-state index in [-0.39, 0.29) is 10.7 Å². The van der Waals surface area contributed by atoms with Crippen molar-refractivity contribution in [3.05, 3.63) is 70.2 Å². The Morgan fingerprint density at radius 1 is 0.745 bits per heavy atom. The van der Waals surface area contributed by atoms with E-state index in [4.69, 9.17) is 0 Å². The van der Waals surface area contributed by atoms with Gasteiger partial charge in [-0.3, -0.25) is 9.59 Å². The first-order chi connectivity index (χ1) is 25.0. The van der Waals surface area contributed by atoms with Crippen molar-refractivity contribution in [1.29, 1.82) is 0 Å². The van der Waals surface area contributed by atoms with Gasteiger partial charge < -0.3 is 10.2 Å². The van der Waals surface area contributed by atoms with Crippen molar-refractivity contribution < 1.29 is 84.2 Å². The molecule has 1 fully saturated rings. The smallest absolute Gasteiger partial charge is 0.337 e. The summed E-state index contributed by atoms with van der Waals surface area (Å²) in [5, 5.41) is 3.92. The van der Waals surface area contributed by atoms with E-state index >= 15 is 13.2 Å². The second kappa shape index (κ2) is 14.4. The van der Waals surface area contributed by atoms with Crippen LogP contribution in [0.15, 0.2) is 53.9 Å². The zero-order chi connectivity index (χ0) is 41.8. The lowest BCUT2D eigenvalue weighted by Gasteiger charge is -2.50. The summed E-state index contributed by atoms with van der Waals surface area (Å²) < 4.78 is 237. The molecule has 0 bridgehead atoms. The van der Waals surface area contributed by atoms with Gasteiger partial charge in [0.05, 0.1) is 5.01 Å². The molecule has 2 aromatic carbocycles. The second-order valence-corrected chi connectivity index (χ2v) is 13.1. The predicted octanol–water partition coefficient (Wildman–Crippen LogP) is 10.5. The Morgan fingerprint density at radius 2 is 1.25 bits per heavy atom. The van der Waals surface area contributed by atoms with E-state index in [1.54, 1.807) is 24.3 Å². The van der Waals surface area contributed by atoms with Crippen LogP contribution < -0.4 is 5.32 Å². The van der Waals surface area contributed by atoms with Crippen LogP contribution in [0.1, 0.15) is 46.7 Å². The number of thiazole rings is 1. The summed E-state index contributed by atoms with van der Waals surface area (Å²) in [6.07, 6.45) is -34.8. The third-order valence-electron chi connectivity index (χ3n) is 9.01. The number of benzene rings is 2. The van der Waals surface area contributed by atoms with Crippen molar-refractivity contribution in [2.45, 2.75) is 74.3 Å². The first kappa shape index (κ1) is 43.5. The van der Waals surface area contributed by atoms with Crippen LogP contribution in [0.5, 0.6) is 0 Å². The number of carbonyl (C=O) groups excluding carboxylic acids is 2. The van der Waals surface area contributed by atoms with Gasteiger partial charge in [0, 0.05) is 35.6 Å². The van der Waals surface area contributed by atoms with Crippen LogP contribution in [0, 0.1) is 5.41 Å². The summed E-state index contributed by atoms with van der Waals surface area (Å²) in [4.78, 5) is 29.1. The van der Waals surface area contributed by atoms with Crippen molar-refractivity contribution >= 4 is 28.8 Å².